The Morgan fingerprint density at radius 2 is 1.86 bits per heavy atom. The summed E-state index contributed by atoms with van der Waals surface area (Å²) in [5, 5.41) is 3.68. The summed E-state index contributed by atoms with van der Waals surface area (Å²) in [6.07, 6.45) is 8.92. The number of likely N-dealkylation sites (N-methyl/N-ethyl adjacent to an activating group) is 1. The Labute approximate surface area is 210 Å². The van der Waals surface area contributed by atoms with Crippen molar-refractivity contribution in [2.24, 2.45) is 0 Å². The van der Waals surface area contributed by atoms with E-state index in [1.54, 1.807) is 0 Å². The number of H-pyrrole nitrogens is 1. The van der Waals surface area contributed by atoms with Crippen LogP contribution in [-0.4, -0.2) is 101 Å². The van der Waals surface area contributed by atoms with Crippen molar-refractivity contribution in [3.63, 3.8) is 0 Å². The average molecular weight is 495 g/mol. The number of fused-ring (bicyclic) bond motifs is 1. The van der Waals surface area contributed by atoms with Crippen molar-refractivity contribution < 1.29 is 9.53 Å². The van der Waals surface area contributed by atoms with E-state index in [4.69, 9.17) is 14.7 Å². The molecule has 9 heteroatoms. The van der Waals surface area contributed by atoms with Gasteiger partial charge in [0, 0.05) is 74.0 Å². The lowest BCUT2D eigenvalue weighted by atomic mass is 9.81. The maximum atomic E-state index is 13.0. The Morgan fingerprint density at radius 1 is 1.09 bits per heavy atom. The van der Waals surface area contributed by atoms with Gasteiger partial charge in [-0.1, -0.05) is 0 Å². The third kappa shape index (κ3) is 4.74. The fraction of sp³-hybridized carbons (Fsp3) is 0.577. The van der Waals surface area contributed by atoms with Crippen molar-refractivity contribution in [1.29, 1.82) is 0 Å². The van der Waals surface area contributed by atoms with Gasteiger partial charge in [0.25, 0.3) is 5.91 Å². The number of nitrogens with one attached hydrogen (secondary N) is 1. The molecule has 2 saturated heterocycles. The predicted octanol–water partition coefficient (Wildman–Crippen LogP) is 3.43. The number of ether oxygens (including phenoxy) is 1. The molecular weight excluding hydrogens is 460 g/mol. The number of amides is 1. The first kappa shape index (κ1) is 23.1. The SMILES string of the molecule is CN1CCN(C(=O)c2nc(-c3c[nH]c4ncc(C5CCC(N6CCOCC6)CC5)cc34)cs2)CC1. The van der Waals surface area contributed by atoms with E-state index in [0.717, 1.165) is 74.8 Å². The lowest BCUT2D eigenvalue weighted by Gasteiger charge is -2.38. The highest BCUT2D eigenvalue weighted by atomic mass is 32.1. The molecule has 3 fully saturated rings. The van der Waals surface area contributed by atoms with Crippen molar-refractivity contribution in [2.45, 2.75) is 37.6 Å². The van der Waals surface area contributed by atoms with Crippen LogP contribution >= 0.6 is 11.3 Å². The van der Waals surface area contributed by atoms with Crippen LogP contribution in [0.3, 0.4) is 0 Å². The second kappa shape index (κ2) is 9.97. The fourth-order valence-electron chi connectivity index (χ4n) is 5.81. The van der Waals surface area contributed by atoms with Crippen LogP contribution in [0.2, 0.25) is 0 Å². The number of thiazole rings is 1. The molecule has 0 bridgehead atoms. The van der Waals surface area contributed by atoms with Crippen LogP contribution in [0.5, 0.6) is 0 Å². The normalized spacial score (nSPS) is 24.8. The van der Waals surface area contributed by atoms with Gasteiger partial charge in [-0.3, -0.25) is 9.69 Å². The molecule has 1 aliphatic carbocycles. The lowest BCUT2D eigenvalue weighted by molar-refractivity contribution is 0.00729. The first-order valence-electron chi connectivity index (χ1n) is 12.9. The minimum absolute atomic E-state index is 0.0463. The van der Waals surface area contributed by atoms with E-state index in [2.05, 4.69) is 27.9 Å². The molecule has 0 radical (unpaired) electrons. The maximum Gasteiger partial charge on any atom is 0.282 e. The van der Waals surface area contributed by atoms with E-state index in [9.17, 15) is 4.79 Å². The van der Waals surface area contributed by atoms with Gasteiger partial charge in [0.15, 0.2) is 5.01 Å². The summed E-state index contributed by atoms with van der Waals surface area (Å²) in [6.45, 7) is 7.23. The largest absolute Gasteiger partial charge is 0.379 e. The number of carbonyl (C=O) groups excluding carboxylic acids is 1. The van der Waals surface area contributed by atoms with Gasteiger partial charge in [0.2, 0.25) is 0 Å². The minimum atomic E-state index is 0.0463. The third-order valence-electron chi connectivity index (χ3n) is 8.04. The molecule has 0 unspecified atom stereocenters. The topological polar surface area (TPSA) is 77.6 Å². The molecule has 8 nitrogen and oxygen atoms in total. The van der Waals surface area contributed by atoms with Gasteiger partial charge in [-0.2, -0.15) is 0 Å². The number of hydrogen-bond donors (Lipinski definition) is 1. The number of pyridine rings is 1. The quantitative estimate of drug-likeness (QED) is 0.599. The summed E-state index contributed by atoms with van der Waals surface area (Å²) in [5.41, 5.74) is 4.09. The van der Waals surface area contributed by atoms with Gasteiger partial charge in [-0.15, -0.1) is 11.3 Å². The summed E-state index contributed by atoms with van der Waals surface area (Å²) in [4.78, 5) is 32.6. The molecule has 3 aromatic heterocycles. The van der Waals surface area contributed by atoms with E-state index in [0.29, 0.717) is 17.0 Å². The molecule has 1 saturated carbocycles. The Bertz CT molecular complexity index is 1170. The molecule has 2 aliphatic heterocycles. The number of piperazine rings is 1. The molecule has 6 rings (SSSR count). The van der Waals surface area contributed by atoms with Crippen LogP contribution in [0.4, 0.5) is 0 Å². The molecule has 0 atom stereocenters. The summed E-state index contributed by atoms with van der Waals surface area (Å²) in [7, 11) is 2.10. The molecule has 1 amide bonds. The van der Waals surface area contributed by atoms with Crippen LogP contribution < -0.4 is 0 Å². The van der Waals surface area contributed by atoms with Crippen molar-refractivity contribution >= 4 is 28.3 Å². The van der Waals surface area contributed by atoms with Gasteiger partial charge in [0.05, 0.1) is 18.9 Å². The standard InChI is InChI=1S/C26H34N6O2S/c1-30-6-8-32(9-7-30)26(33)25-29-23(17-35-25)22-16-28-24-21(22)14-19(15-27-24)18-2-4-20(5-3-18)31-10-12-34-13-11-31/h14-18,20H,2-13H2,1H3,(H,27,28). The van der Waals surface area contributed by atoms with Gasteiger partial charge in [-0.05, 0) is 50.3 Å². The number of carbonyl (C=O) groups is 1. The third-order valence-corrected chi connectivity index (χ3v) is 8.87. The van der Waals surface area contributed by atoms with Gasteiger partial charge < -0.3 is 19.5 Å². The highest BCUT2D eigenvalue weighted by molar-refractivity contribution is 7.12. The molecule has 186 valence electrons. The van der Waals surface area contributed by atoms with Gasteiger partial charge in [-0.25, -0.2) is 9.97 Å². The first-order chi connectivity index (χ1) is 17.2. The fourth-order valence-corrected chi connectivity index (χ4v) is 6.60. The second-order valence-corrected chi connectivity index (χ2v) is 11.0. The number of aromatic nitrogens is 3. The van der Waals surface area contributed by atoms with Crippen LogP contribution in [0.1, 0.15) is 47.0 Å². The molecular formula is C26H34N6O2S. The highest BCUT2D eigenvalue weighted by Crippen LogP contribution is 2.37. The lowest BCUT2D eigenvalue weighted by Crippen LogP contribution is -2.47. The first-order valence-corrected chi connectivity index (χ1v) is 13.8. The average Bonchev–Trinajstić information content (AvgIpc) is 3.56. The van der Waals surface area contributed by atoms with Crippen molar-refractivity contribution in [2.75, 3.05) is 59.5 Å². The summed E-state index contributed by atoms with van der Waals surface area (Å²) in [6, 6.07) is 3.00. The van der Waals surface area contributed by atoms with E-state index in [-0.39, 0.29) is 5.91 Å². The number of aromatic amines is 1. The Hall–Kier alpha value is -2.33. The minimum Gasteiger partial charge on any atom is -0.379 e. The Kier molecular flexibility index (Phi) is 6.58. The number of nitrogens with zero attached hydrogens (tertiary/aromatic N) is 5. The Morgan fingerprint density at radius 3 is 2.63 bits per heavy atom. The van der Waals surface area contributed by atoms with Crippen LogP contribution in [-0.2, 0) is 4.74 Å². The predicted molar refractivity (Wildman–Crippen MR) is 138 cm³/mol. The Balaban J connectivity index is 1.17. The summed E-state index contributed by atoms with van der Waals surface area (Å²) in [5.74, 6) is 0.599. The molecule has 3 aromatic rings. The smallest absolute Gasteiger partial charge is 0.282 e. The zero-order chi connectivity index (χ0) is 23.8. The van der Waals surface area contributed by atoms with Crippen LogP contribution in [0.15, 0.2) is 23.8 Å². The summed E-state index contributed by atoms with van der Waals surface area (Å²) >= 11 is 1.44. The molecule has 0 aromatic carbocycles. The van der Waals surface area contributed by atoms with Crippen molar-refractivity contribution in [3.05, 3.63) is 34.4 Å². The van der Waals surface area contributed by atoms with E-state index >= 15 is 0 Å². The molecule has 1 N–H and O–H groups in total. The number of morpholine rings is 1. The monoisotopic (exact) mass is 494 g/mol. The van der Waals surface area contributed by atoms with Crippen molar-refractivity contribution in [3.8, 4) is 11.3 Å². The zero-order valence-electron chi connectivity index (χ0n) is 20.4. The highest BCUT2D eigenvalue weighted by Gasteiger charge is 2.28. The number of rotatable bonds is 4. The van der Waals surface area contributed by atoms with Crippen LogP contribution in [0.25, 0.3) is 22.3 Å². The van der Waals surface area contributed by atoms with Gasteiger partial charge >= 0.3 is 0 Å². The molecule has 35 heavy (non-hydrogen) atoms. The van der Waals surface area contributed by atoms with Crippen LogP contribution in [0, 0.1) is 0 Å². The zero-order valence-corrected chi connectivity index (χ0v) is 21.2. The van der Waals surface area contributed by atoms with E-state index < -0.39 is 0 Å². The van der Waals surface area contributed by atoms with Crippen molar-refractivity contribution in [1.82, 2.24) is 29.7 Å². The molecule has 0 spiro atoms. The maximum absolute atomic E-state index is 13.0. The molecule has 3 aliphatic rings. The number of hydrogen-bond acceptors (Lipinski definition) is 7. The van der Waals surface area contributed by atoms with E-state index in [1.807, 2.05) is 22.7 Å². The van der Waals surface area contributed by atoms with Gasteiger partial charge in [0.1, 0.15) is 5.65 Å². The molecule has 5 heterocycles. The summed E-state index contributed by atoms with van der Waals surface area (Å²) < 4.78 is 5.53. The van der Waals surface area contributed by atoms with E-state index in [1.165, 1.54) is 42.6 Å². The second-order valence-electron chi connectivity index (χ2n) is 10.2.